The summed E-state index contributed by atoms with van der Waals surface area (Å²) in [6.45, 7) is 2.17. The lowest BCUT2D eigenvalue weighted by atomic mass is 9.64. The number of benzene rings is 6. The molecule has 0 fully saturated rings. The summed E-state index contributed by atoms with van der Waals surface area (Å²) in [6.07, 6.45) is 0.875. The number of carbonyl (C=O) groups is 1. The standard InChI is InChI=1S/C35H24O/c1-20-10-11-23-13-15-26-19-29-27-9-5-4-7-22(27)16-17-28(29)34-32(26)31(23)30(20)33(35(34)36)25-14-12-21-6-2-3-8-24(21)18-25/h2-18,33-34H,19H2,1H3. The van der Waals surface area contributed by atoms with E-state index in [4.69, 9.17) is 0 Å². The summed E-state index contributed by atoms with van der Waals surface area (Å²) in [7, 11) is 0. The van der Waals surface area contributed by atoms with Crippen LogP contribution >= 0.6 is 0 Å². The van der Waals surface area contributed by atoms with Crippen molar-refractivity contribution in [2.24, 2.45) is 0 Å². The van der Waals surface area contributed by atoms with E-state index in [0.717, 1.165) is 12.0 Å². The zero-order valence-electron chi connectivity index (χ0n) is 20.1. The van der Waals surface area contributed by atoms with Crippen molar-refractivity contribution < 1.29 is 4.79 Å². The molecule has 8 rings (SSSR count). The van der Waals surface area contributed by atoms with E-state index in [-0.39, 0.29) is 11.8 Å². The Bertz CT molecular complexity index is 1890. The van der Waals surface area contributed by atoms with Crippen molar-refractivity contribution in [3.8, 4) is 0 Å². The molecule has 0 saturated carbocycles. The Labute approximate surface area is 210 Å². The summed E-state index contributed by atoms with van der Waals surface area (Å²) in [5.74, 6) is -0.205. The third kappa shape index (κ3) is 2.58. The highest BCUT2D eigenvalue weighted by atomic mass is 16.1. The topological polar surface area (TPSA) is 17.1 Å². The first-order chi connectivity index (χ1) is 17.7. The van der Waals surface area contributed by atoms with Crippen LogP contribution in [0.3, 0.4) is 0 Å². The van der Waals surface area contributed by atoms with Gasteiger partial charge in [-0.2, -0.15) is 0 Å². The van der Waals surface area contributed by atoms with Gasteiger partial charge in [0.05, 0.1) is 11.8 Å². The molecular weight excluding hydrogens is 436 g/mol. The molecule has 36 heavy (non-hydrogen) atoms. The van der Waals surface area contributed by atoms with E-state index in [9.17, 15) is 4.79 Å². The van der Waals surface area contributed by atoms with Crippen LogP contribution in [0.1, 0.15) is 50.8 Å². The molecule has 1 nitrogen and oxygen atoms in total. The predicted octanol–water partition coefficient (Wildman–Crippen LogP) is 8.21. The maximum Gasteiger partial charge on any atom is 0.156 e. The lowest BCUT2D eigenvalue weighted by Gasteiger charge is -2.38. The van der Waals surface area contributed by atoms with Crippen LogP contribution in [-0.2, 0) is 11.2 Å². The van der Waals surface area contributed by atoms with Gasteiger partial charge >= 0.3 is 0 Å². The minimum absolute atomic E-state index is 0.233. The highest BCUT2D eigenvalue weighted by molar-refractivity contribution is 6.10. The van der Waals surface area contributed by atoms with Gasteiger partial charge in [-0.15, -0.1) is 0 Å². The second-order valence-electron chi connectivity index (χ2n) is 10.4. The zero-order valence-corrected chi connectivity index (χ0v) is 20.1. The molecule has 0 aliphatic heterocycles. The molecule has 2 aliphatic carbocycles. The van der Waals surface area contributed by atoms with Crippen LogP contribution in [0.4, 0.5) is 0 Å². The van der Waals surface area contributed by atoms with Crippen LogP contribution in [0.15, 0.2) is 103 Å². The fourth-order valence-electron chi connectivity index (χ4n) is 6.97. The first-order valence-electron chi connectivity index (χ1n) is 12.8. The Morgan fingerprint density at radius 3 is 2.25 bits per heavy atom. The minimum Gasteiger partial charge on any atom is -0.298 e. The molecule has 0 heterocycles. The SMILES string of the molecule is Cc1ccc2ccc3c4c2c1C(c1ccc2ccccc2c1)C(=O)C4c1ccc2ccccc2c1C3. The number of rotatable bonds is 1. The average Bonchev–Trinajstić information content (AvgIpc) is 2.92. The number of ketones is 1. The quantitative estimate of drug-likeness (QED) is 0.242. The Balaban J connectivity index is 1.47. The van der Waals surface area contributed by atoms with E-state index >= 15 is 0 Å². The van der Waals surface area contributed by atoms with E-state index < -0.39 is 0 Å². The van der Waals surface area contributed by atoms with E-state index in [0.29, 0.717) is 5.78 Å². The second kappa shape index (κ2) is 7.15. The largest absolute Gasteiger partial charge is 0.298 e. The highest BCUT2D eigenvalue weighted by Gasteiger charge is 2.43. The first-order valence-corrected chi connectivity index (χ1v) is 12.8. The van der Waals surface area contributed by atoms with E-state index in [1.165, 1.54) is 65.7 Å². The smallest absolute Gasteiger partial charge is 0.156 e. The summed E-state index contributed by atoms with van der Waals surface area (Å²) in [6, 6.07) is 37.0. The second-order valence-corrected chi connectivity index (χ2v) is 10.4. The Morgan fingerprint density at radius 1 is 0.639 bits per heavy atom. The van der Waals surface area contributed by atoms with Gasteiger partial charge in [0, 0.05) is 0 Å². The molecule has 170 valence electrons. The van der Waals surface area contributed by atoms with Gasteiger partial charge in [-0.25, -0.2) is 0 Å². The molecule has 0 bridgehead atoms. The molecule has 0 N–H and O–H groups in total. The summed E-state index contributed by atoms with van der Waals surface area (Å²) < 4.78 is 0. The number of carbonyl (C=O) groups excluding carboxylic acids is 1. The van der Waals surface area contributed by atoms with Gasteiger partial charge in [0.2, 0.25) is 0 Å². The van der Waals surface area contributed by atoms with Crippen molar-refractivity contribution in [1.29, 1.82) is 0 Å². The van der Waals surface area contributed by atoms with Crippen molar-refractivity contribution in [2.45, 2.75) is 25.2 Å². The maximum absolute atomic E-state index is 14.7. The fourth-order valence-corrected chi connectivity index (χ4v) is 6.97. The Hall–Kier alpha value is -4.23. The molecular formula is C35H24O. The number of Topliss-reactive ketones (excluding diaryl/α,β-unsaturated/α-hetero) is 1. The molecule has 6 aromatic rings. The summed E-state index contributed by atoms with van der Waals surface area (Å²) >= 11 is 0. The first kappa shape index (κ1) is 20.0. The van der Waals surface area contributed by atoms with Crippen molar-refractivity contribution in [3.63, 3.8) is 0 Å². The number of aryl methyl sites for hydroxylation is 1. The Morgan fingerprint density at radius 2 is 1.36 bits per heavy atom. The van der Waals surface area contributed by atoms with Gasteiger partial charge < -0.3 is 0 Å². The molecule has 2 atom stereocenters. The summed E-state index contributed by atoms with van der Waals surface area (Å²) in [5, 5.41) is 7.44. The van der Waals surface area contributed by atoms with Crippen molar-refractivity contribution in [1.82, 2.24) is 0 Å². The van der Waals surface area contributed by atoms with Crippen molar-refractivity contribution in [3.05, 3.63) is 142 Å². The van der Waals surface area contributed by atoms with Crippen LogP contribution in [-0.4, -0.2) is 5.78 Å². The Kier molecular flexibility index (Phi) is 3.97. The molecule has 6 aromatic carbocycles. The molecule has 0 spiro atoms. The normalized spacial score (nSPS) is 18.1. The van der Waals surface area contributed by atoms with Crippen LogP contribution < -0.4 is 0 Å². The molecule has 0 aromatic heterocycles. The molecule has 0 radical (unpaired) electrons. The third-order valence-electron chi connectivity index (χ3n) is 8.58. The lowest BCUT2D eigenvalue weighted by molar-refractivity contribution is -0.120. The molecule has 2 unspecified atom stereocenters. The predicted molar refractivity (Wildman–Crippen MR) is 148 cm³/mol. The monoisotopic (exact) mass is 460 g/mol. The van der Waals surface area contributed by atoms with E-state index in [1.807, 2.05) is 0 Å². The lowest BCUT2D eigenvalue weighted by Crippen LogP contribution is -2.31. The highest BCUT2D eigenvalue weighted by Crippen LogP contribution is 2.52. The summed E-state index contributed by atoms with van der Waals surface area (Å²) in [4.78, 5) is 14.7. The average molecular weight is 461 g/mol. The van der Waals surface area contributed by atoms with Gasteiger partial charge in [-0.3, -0.25) is 4.79 Å². The molecule has 1 heteroatoms. The number of hydrogen-bond acceptors (Lipinski definition) is 1. The van der Waals surface area contributed by atoms with Crippen LogP contribution in [0.5, 0.6) is 0 Å². The third-order valence-corrected chi connectivity index (χ3v) is 8.58. The summed E-state index contributed by atoms with van der Waals surface area (Å²) in [5.41, 5.74) is 8.54. The molecule has 0 saturated heterocycles. The fraction of sp³-hybridized carbons (Fsp3) is 0.114. The van der Waals surface area contributed by atoms with Gasteiger partial charge in [0.1, 0.15) is 0 Å². The van der Waals surface area contributed by atoms with Crippen molar-refractivity contribution >= 4 is 38.1 Å². The van der Waals surface area contributed by atoms with E-state index in [2.05, 4.69) is 110 Å². The molecule has 0 amide bonds. The van der Waals surface area contributed by atoms with Crippen LogP contribution in [0, 0.1) is 6.92 Å². The van der Waals surface area contributed by atoms with Crippen LogP contribution in [0.25, 0.3) is 32.3 Å². The molecule has 2 aliphatic rings. The van der Waals surface area contributed by atoms with Crippen LogP contribution in [0.2, 0.25) is 0 Å². The van der Waals surface area contributed by atoms with Gasteiger partial charge in [0.25, 0.3) is 0 Å². The van der Waals surface area contributed by atoms with E-state index in [1.54, 1.807) is 0 Å². The van der Waals surface area contributed by atoms with Gasteiger partial charge in [0.15, 0.2) is 5.78 Å². The number of hydrogen-bond donors (Lipinski definition) is 0. The van der Waals surface area contributed by atoms with Gasteiger partial charge in [-0.1, -0.05) is 103 Å². The maximum atomic E-state index is 14.7. The number of fused-ring (bicyclic) bond motifs is 5. The minimum atomic E-state index is -0.275. The van der Waals surface area contributed by atoms with Crippen molar-refractivity contribution in [2.75, 3.05) is 0 Å². The van der Waals surface area contributed by atoms with Gasteiger partial charge in [-0.05, 0) is 84.6 Å². The zero-order chi connectivity index (χ0) is 24.0.